The number of terminal acetylenes is 1. The third kappa shape index (κ3) is 4.22. The molecular formula is C6H12O2Si. The molecule has 0 aliphatic rings. The minimum atomic E-state index is -0.355. The SMILES string of the molecule is C#CC[SiH2]C(OC)OC. The van der Waals surface area contributed by atoms with Crippen LogP contribution in [-0.2, 0) is 9.47 Å². The Morgan fingerprint density at radius 1 is 1.56 bits per heavy atom. The van der Waals surface area contributed by atoms with Gasteiger partial charge >= 0.3 is 0 Å². The molecule has 0 heterocycles. The van der Waals surface area contributed by atoms with E-state index in [2.05, 4.69) is 5.92 Å². The van der Waals surface area contributed by atoms with Crippen LogP contribution in [-0.4, -0.2) is 29.7 Å². The van der Waals surface area contributed by atoms with Crippen LogP contribution < -0.4 is 0 Å². The van der Waals surface area contributed by atoms with E-state index in [1.165, 1.54) is 0 Å². The van der Waals surface area contributed by atoms with Gasteiger partial charge in [0.15, 0.2) is 0 Å². The van der Waals surface area contributed by atoms with Gasteiger partial charge in [-0.2, -0.15) is 0 Å². The molecule has 0 aromatic heterocycles. The summed E-state index contributed by atoms with van der Waals surface area (Å²) in [5, 5.41) is 0. The van der Waals surface area contributed by atoms with Crippen molar-refractivity contribution in [3.63, 3.8) is 0 Å². The molecule has 0 unspecified atom stereocenters. The standard InChI is InChI=1S/C6H12O2Si/c1-4-5-9-6(7-2)8-3/h1,6H,5,9H2,2-3H3. The number of methoxy groups -OCH3 is 2. The summed E-state index contributed by atoms with van der Waals surface area (Å²) in [7, 11) is 2.92. The van der Waals surface area contributed by atoms with Crippen LogP contribution in [0.4, 0.5) is 0 Å². The molecule has 0 N–H and O–H groups in total. The lowest BCUT2D eigenvalue weighted by atomic mass is 10.8. The molecule has 0 aliphatic heterocycles. The average Bonchev–Trinajstić information content (AvgIpc) is 1.91. The van der Waals surface area contributed by atoms with Crippen LogP contribution in [0.15, 0.2) is 0 Å². The van der Waals surface area contributed by atoms with E-state index in [-0.39, 0.29) is 15.4 Å². The molecule has 52 valence electrons. The summed E-state index contributed by atoms with van der Waals surface area (Å²) < 4.78 is 9.89. The fraction of sp³-hybridized carbons (Fsp3) is 0.667. The van der Waals surface area contributed by atoms with E-state index in [1.54, 1.807) is 14.2 Å². The number of rotatable bonds is 4. The minimum absolute atomic E-state index is 0.000972. The second-order valence-electron chi connectivity index (χ2n) is 1.64. The van der Waals surface area contributed by atoms with Crippen molar-refractivity contribution >= 4 is 9.52 Å². The number of hydrogen-bond donors (Lipinski definition) is 0. The van der Waals surface area contributed by atoms with Crippen LogP contribution in [0.2, 0.25) is 6.04 Å². The topological polar surface area (TPSA) is 18.5 Å². The molecule has 2 nitrogen and oxygen atoms in total. The molecule has 0 aliphatic carbocycles. The average molecular weight is 144 g/mol. The van der Waals surface area contributed by atoms with E-state index in [0.717, 1.165) is 6.04 Å². The Morgan fingerprint density at radius 2 is 2.11 bits per heavy atom. The molecule has 0 aromatic rings. The first-order valence-corrected chi connectivity index (χ1v) is 4.65. The zero-order valence-electron chi connectivity index (χ0n) is 5.89. The highest BCUT2D eigenvalue weighted by molar-refractivity contribution is 6.37. The number of ether oxygens (including phenoxy) is 2. The maximum atomic E-state index is 5.06. The van der Waals surface area contributed by atoms with Gasteiger partial charge in [0.05, 0.1) is 0 Å². The molecule has 9 heavy (non-hydrogen) atoms. The third-order valence-electron chi connectivity index (χ3n) is 1.05. The van der Waals surface area contributed by atoms with E-state index < -0.39 is 0 Å². The predicted molar refractivity (Wildman–Crippen MR) is 40.0 cm³/mol. The predicted octanol–water partition coefficient (Wildman–Crippen LogP) is -0.217. The molecule has 0 fully saturated rings. The van der Waals surface area contributed by atoms with E-state index in [9.17, 15) is 0 Å². The largest absolute Gasteiger partial charge is 0.360 e. The highest BCUT2D eigenvalue weighted by Gasteiger charge is 2.02. The van der Waals surface area contributed by atoms with Crippen molar-refractivity contribution in [3.8, 4) is 12.3 Å². The first-order chi connectivity index (χ1) is 4.35. The summed E-state index contributed by atoms with van der Waals surface area (Å²) in [6.45, 7) is 0. The van der Waals surface area contributed by atoms with Crippen LogP contribution in [0.25, 0.3) is 0 Å². The lowest BCUT2D eigenvalue weighted by Crippen LogP contribution is -2.20. The van der Waals surface area contributed by atoms with Gasteiger partial charge in [0, 0.05) is 20.3 Å². The molecule has 0 saturated heterocycles. The molecule has 0 aromatic carbocycles. The molecule has 0 radical (unpaired) electrons. The Hall–Kier alpha value is -0.303. The minimum Gasteiger partial charge on any atom is -0.360 e. The second kappa shape index (κ2) is 5.83. The van der Waals surface area contributed by atoms with Gasteiger partial charge in [0.1, 0.15) is 15.4 Å². The molecule has 3 heteroatoms. The van der Waals surface area contributed by atoms with Gasteiger partial charge in [-0.25, -0.2) is 0 Å². The molecule has 0 spiro atoms. The van der Waals surface area contributed by atoms with Crippen molar-refractivity contribution in [2.45, 2.75) is 12.0 Å². The summed E-state index contributed by atoms with van der Waals surface area (Å²) in [6.07, 6.45) is 5.06. The smallest absolute Gasteiger partial charge is 0.135 e. The van der Waals surface area contributed by atoms with Gasteiger partial charge in [-0.3, -0.25) is 0 Å². The van der Waals surface area contributed by atoms with Gasteiger partial charge in [-0.15, -0.1) is 12.3 Å². The quantitative estimate of drug-likeness (QED) is 0.309. The normalized spacial score (nSPS) is 10.9. The van der Waals surface area contributed by atoms with Crippen molar-refractivity contribution in [3.05, 3.63) is 0 Å². The Morgan fingerprint density at radius 3 is 2.44 bits per heavy atom. The zero-order chi connectivity index (χ0) is 7.11. The Kier molecular flexibility index (Phi) is 5.63. The van der Waals surface area contributed by atoms with Crippen LogP contribution in [0.5, 0.6) is 0 Å². The van der Waals surface area contributed by atoms with E-state index in [0.29, 0.717) is 0 Å². The highest BCUT2D eigenvalue weighted by atomic mass is 28.2. The molecule has 0 bridgehead atoms. The monoisotopic (exact) mass is 144 g/mol. The van der Waals surface area contributed by atoms with Crippen LogP contribution in [0.3, 0.4) is 0 Å². The summed E-state index contributed by atoms with van der Waals surface area (Å²) in [5.41, 5.74) is 0. The highest BCUT2D eigenvalue weighted by Crippen LogP contribution is 1.89. The van der Waals surface area contributed by atoms with Crippen molar-refractivity contribution in [2.24, 2.45) is 0 Å². The second-order valence-corrected chi connectivity index (χ2v) is 3.39. The van der Waals surface area contributed by atoms with Crippen molar-refractivity contribution < 1.29 is 9.47 Å². The van der Waals surface area contributed by atoms with Crippen molar-refractivity contribution in [2.75, 3.05) is 14.2 Å². The Bertz CT molecular complexity index is 93.7. The van der Waals surface area contributed by atoms with E-state index >= 15 is 0 Å². The van der Waals surface area contributed by atoms with Crippen molar-refractivity contribution in [1.29, 1.82) is 0 Å². The van der Waals surface area contributed by atoms with Gasteiger partial charge < -0.3 is 9.47 Å². The van der Waals surface area contributed by atoms with Crippen LogP contribution >= 0.6 is 0 Å². The fourth-order valence-electron chi connectivity index (χ4n) is 0.533. The lowest BCUT2D eigenvalue weighted by molar-refractivity contribution is -0.0438. The maximum absolute atomic E-state index is 5.06. The van der Waals surface area contributed by atoms with Gasteiger partial charge in [0.2, 0.25) is 0 Å². The van der Waals surface area contributed by atoms with Crippen LogP contribution in [0, 0.1) is 12.3 Å². The molecular weight excluding hydrogens is 132 g/mol. The van der Waals surface area contributed by atoms with Crippen LogP contribution in [0.1, 0.15) is 0 Å². The summed E-state index contributed by atoms with van der Waals surface area (Å²) in [4.78, 5) is 0. The molecule has 0 atom stereocenters. The van der Waals surface area contributed by atoms with Gasteiger partial charge in [-0.1, -0.05) is 0 Å². The van der Waals surface area contributed by atoms with Crippen molar-refractivity contribution in [1.82, 2.24) is 0 Å². The maximum Gasteiger partial charge on any atom is 0.135 e. The lowest BCUT2D eigenvalue weighted by Gasteiger charge is -2.09. The summed E-state index contributed by atoms with van der Waals surface area (Å²) in [5.74, 6) is 2.57. The Balaban J connectivity index is 3.22. The van der Waals surface area contributed by atoms with E-state index in [1.807, 2.05) is 0 Å². The number of hydrogen-bond acceptors (Lipinski definition) is 2. The first kappa shape index (κ1) is 8.70. The summed E-state index contributed by atoms with van der Waals surface area (Å²) >= 11 is 0. The van der Waals surface area contributed by atoms with Gasteiger partial charge in [0.25, 0.3) is 0 Å². The zero-order valence-corrected chi connectivity index (χ0v) is 7.30. The third-order valence-corrected chi connectivity index (χ3v) is 2.77. The molecule has 0 saturated carbocycles. The summed E-state index contributed by atoms with van der Waals surface area (Å²) in [6, 6.07) is 0.840. The fourth-order valence-corrected chi connectivity index (χ4v) is 1.41. The van der Waals surface area contributed by atoms with E-state index in [4.69, 9.17) is 15.9 Å². The molecule has 0 amide bonds. The van der Waals surface area contributed by atoms with Gasteiger partial charge in [-0.05, 0) is 0 Å². The Labute approximate surface area is 58.4 Å². The first-order valence-electron chi connectivity index (χ1n) is 2.84. The molecule has 0 rings (SSSR count).